The van der Waals surface area contributed by atoms with Gasteiger partial charge >= 0.3 is 0 Å². The summed E-state index contributed by atoms with van der Waals surface area (Å²) in [6, 6.07) is 5.61. The van der Waals surface area contributed by atoms with E-state index in [1.54, 1.807) is 13.0 Å². The normalized spacial score (nSPS) is 26.9. The Labute approximate surface area is 119 Å². The monoisotopic (exact) mass is 275 g/mol. The SMILES string of the molecule is Cc1ccc(CN2C[C@@H]3CN(C)C[C@H]3C2)cc1[N+](=O)[O-]. The zero-order valence-corrected chi connectivity index (χ0v) is 12.1. The summed E-state index contributed by atoms with van der Waals surface area (Å²) in [6.45, 7) is 7.24. The maximum atomic E-state index is 11.0. The van der Waals surface area contributed by atoms with Crippen LogP contribution >= 0.6 is 0 Å². The van der Waals surface area contributed by atoms with E-state index < -0.39 is 0 Å². The molecule has 108 valence electrons. The summed E-state index contributed by atoms with van der Waals surface area (Å²) in [5, 5.41) is 11.0. The van der Waals surface area contributed by atoms with Crippen molar-refractivity contribution in [3.8, 4) is 0 Å². The van der Waals surface area contributed by atoms with Gasteiger partial charge in [0.15, 0.2) is 0 Å². The molecule has 2 fully saturated rings. The Balaban J connectivity index is 1.68. The van der Waals surface area contributed by atoms with Gasteiger partial charge in [0.25, 0.3) is 5.69 Å². The van der Waals surface area contributed by atoms with Gasteiger partial charge in [0, 0.05) is 44.4 Å². The first-order valence-electron chi connectivity index (χ1n) is 7.18. The third-order valence-electron chi connectivity index (χ3n) is 4.62. The maximum Gasteiger partial charge on any atom is 0.272 e. The summed E-state index contributed by atoms with van der Waals surface area (Å²) in [5.74, 6) is 1.56. The van der Waals surface area contributed by atoms with Gasteiger partial charge in [-0.2, -0.15) is 0 Å². The Hall–Kier alpha value is -1.46. The van der Waals surface area contributed by atoms with Crippen molar-refractivity contribution in [3.05, 3.63) is 39.4 Å². The number of hydrogen-bond donors (Lipinski definition) is 0. The molecule has 0 bridgehead atoms. The van der Waals surface area contributed by atoms with Gasteiger partial charge in [-0.25, -0.2) is 0 Å². The zero-order chi connectivity index (χ0) is 14.3. The van der Waals surface area contributed by atoms with Crippen LogP contribution in [0.5, 0.6) is 0 Å². The smallest absolute Gasteiger partial charge is 0.272 e. The van der Waals surface area contributed by atoms with Gasteiger partial charge in [0.1, 0.15) is 0 Å². The molecule has 1 aromatic rings. The second kappa shape index (κ2) is 5.14. The summed E-state index contributed by atoms with van der Waals surface area (Å²) in [4.78, 5) is 15.6. The second-order valence-electron chi connectivity index (χ2n) is 6.31. The summed E-state index contributed by atoms with van der Waals surface area (Å²) in [5.41, 5.74) is 2.02. The lowest BCUT2D eigenvalue weighted by Crippen LogP contribution is -2.26. The third kappa shape index (κ3) is 2.55. The molecular formula is C15H21N3O2. The Morgan fingerprint density at radius 1 is 1.25 bits per heavy atom. The van der Waals surface area contributed by atoms with E-state index in [0.29, 0.717) is 0 Å². The van der Waals surface area contributed by atoms with E-state index in [4.69, 9.17) is 0 Å². The molecule has 0 N–H and O–H groups in total. The number of rotatable bonds is 3. The highest BCUT2D eigenvalue weighted by atomic mass is 16.6. The number of hydrogen-bond acceptors (Lipinski definition) is 4. The fourth-order valence-corrected chi connectivity index (χ4v) is 3.66. The number of nitrogens with zero attached hydrogens (tertiary/aromatic N) is 3. The van der Waals surface area contributed by atoms with Crippen molar-refractivity contribution < 1.29 is 4.92 Å². The molecule has 2 atom stereocenters. The van der Waals surface area contributed by atoms with Crippen molar-refractivity contribution >= 4 is 5.69 Å². The quantitative estimate of drug-likeness (QED) is 0.624. The van der Waals surface area contributed by atoms with Crippen LogP contribution < -0.4 is 0 Å². The van der Waals surface area contributed by atoms with Crippen LogP contribution in [0.4, 0.5) is 5.69 Å². The predicted molar refractivity (Wildman–Crippen MR) is 77.6 cm³/mol. The van der Waals surface area contributed by atoms with Gasteiger partial charge in [-0.3, -0.25) is 15.0 Å². The van der Waals surface area contributed by atoms with Gasteiger partial charge in [0.2, 0.25) is 0 Å². The molecule has 0 saturated carbocycles. The van der Waals surface area contributed by atoms with Crippen LogP contribution in [0.15, 0.2) is 18.2 Å². The molecular weight excluding hydrogens is 254 g/mol. The molecule has 2 aliphatic rings. The summed E-state index contributed by atoms with van der Waals surface area (Å²) in [7, 11) is 2.19. The Morgan fingerprint density at radius 2 is 1.90 bits per heavy atom. The van der Waals surface area contributed by atoms with Gasteiger partial charge in [0.05, 0.1) is 4.92 Å². The number of nitro benzene ring substituents is 1. The van der Waals surface area contributed by atoms with Gasteiger partial charge < -0.3 is 4.90 Å². The van der Waals surface area contributed by atoms with Gasteiger partial charge in [-0.15, -0.1) is 0 Å². The minimum absolute atomic E-state index is 0.238. The number of benzene rings is 1. The van der Waals surface area contributed by atoms with Crippen LogP contribution in [0.3, 0.4) is 0 Å². The molecule has 5 heteroatoms. The molecule has 0 aliphatic carbocycles. The summed E-state index contributed by atoms with van der Waals surface area (Å²) in [6.07, 6.45) is 0. The lowest BCUT2D eigenvalue weighted by Gasteiger charge is -2.19. The Bertz CT molecular complexity index is 518. The van der Waals surface area contributed by atoms with Crippen LogP contribution in [0.2, 0.25) is 0 Å². The highest BCUT2D eigenvalue weighted by molar-refractivity contribution is 5.42. The summed E-state index contributed by atoms with van der Waals surface area (Å²) < 4.78 is 0. The third-order valence-corrected chi connectivity index (χ3v) is 4.62. The number of aryl methyl sites for hydroxylation is 1. The van der Waals surface area contributed by atoms with Crippen molar-refractivity contribution in [3.63, 3.8) is 0 Å². The van der Waals surface area contributed by atoms with Crippen LogP contribution in [-0.4, -0.2) is 47.9 Å². The van der Waals surface area contributed by atoms with Crippen molar-refractivity contribution in [2.45, 2.75) is 13.5 Å². The molecule has 2 aliphatic heterocycles. The van der Waals surface area contributed by atoms with E-state index in [-0.39, 0.29) is 10.6 Å². The minimum atomic E-state index is -0.285. The van der Waals surface area contributed by atoms with E-state index in [9.17, 15) is 10.1 Å². The first-order valence-corrected chi connectivity index (χ1v) is 7.18. The van der Waals surface area contributed by atoms with Crippen molar-refractivity contribution in [2.24, 2.45) is 11.8 Å². The molecule has 3 rings (SSSR count). The largest absolute Gasteiger partial charge is 0.306 e. The first-order chi connectivity index (χ1) is 9.52. The number of nitro groups is 1. The standard InChI is InChI=1S/C15H21N3O2/c1-11-3-4-12(5-15(11)18(19)20)6-17-9-13-7-16(2)8-14(13)10-17/h3-5,13-14H,6-10H2,1-2H3/t13-,14-/m0/s1. The Morgan fingerprint density at radius 3 is 2.50 bits per heavy atom. The average molecular weight is 275 g/mol. The molecule has 0 spiro atoms. The van der Waals surface area contributed by atoms with Crippen LogP contribution in [0, 0.1) is 28.9 Å². The van der Waals surface area contributed by atoms with Crippen LogP contribution in [0.25, 0.3) is 0 Å². The van der Waals surface area contributed by atoms with E-state index in [0.717, 1.165) is 42.6 Å². The summed E-state index contributed by atoms with van der Waals surface area (Å²) >= 11 is 0. The van der Waals surface area contributed by atoms with E-state index in [1.165, 1.54) is 13.1 Å². The number of fused-ring (bicyclic) bond motifs is 1. The van der Waals surface area contributed by atoms with Crippen molar-refractivity contribution in [1.82, 2.24) is 9.80 Å². The van der Waals surface area contributed by atoms with Gasteiger partial charge in [-0.1, -0.05) is 12.1 Å². The minimum Gasteiger partial charge on any atom is -0.306 e. The molecule has 0 aromatic heterocycles. The highest BCUT2D eigenvalue weighted by Crippen LogP contribution is 2.31. The number of likely N-dealkylation sites (tertiary alicyclic amines) is 2. The lowest BCUT2D eigenvalue weighted by atomic mass is 10.0. The molecule has 0 unspecified atom stereocenters. The first kappa shape index (κ1) is 13.5. The highest BCUT2D eigenvalue weighted by Gasteiger charge is 2.38. The maximum absolute atomic E-state index is 11.0. The predicted octanol–water partition coefficient (Wildman–Crippen LogP) is 1.90. The lowest BCUT2D eigenvalue weighted by molar-refractivity contribution is -0.385. The Kier molecular flexibility index (Phi) is 3.48. The van der Waals surface area contributed by atoms with E-state index in [2.05, 4.69) is 16.8 Å². The molecule has 0 radical (unpaired) electrons. The average Bonchev–Trinajstić information content (AvgIpc) is 2.87. The fourth-order valence-electron chi connectivity index (χ4n) is 3.66. The van der Waals surface area contributed by atoms with E-state index in [1.807, 2.05) is 12.1 Å². The fraction of sp³-hybridized carbons (Fsp3) is 0.600. The molecule has 20 heavy (non-hydrogen) atoms. The molecule has 2 saturated heterocycles. The zero-order valence-electron chi connectivity index (χ0n) is 12.1. The van der Waals surface area contributed by atoms with Crippen LogP contribution in [0.1, 0.15) is 11.1 Å². The van der Waals surface area contributed by atoms with Crippen molar-refractivity contribution in [1.29, 1.82) is 0 Å². The molecule has 0 amide bonds. The van der Waals surface area contributed by atoms with Gasteiger partial charge in [-0.05, 0) is 31.4 Å². The molecule has 2 heterocycles. The van der Waals surface area contributed by atoms with E-state index >= 15 is 0 Å². The van der Waals surface area contributed by atoms with Crippen molar-refractivity contribution in [2.75, 3.05) is 33.2 Å². The topological polar surface area (TPSA) is 49.6 Å². The molecule has 5 nitrogen and oxygen atoms in total. The molecule has 1 aromatic carbocycles. The second-order valence-corrected chi connectivity index (χ2v) is 6.31. The van der Waals surface area contributed by atoms with Crippen LogP contribution in [-0.2, 0) is 6.54 Å².